The predicted molar refractivity (Wildman–Crippen MR) is 75.0 cm³/mol. The lowest BCUT2D eigenvalue weighted by Crippen LogP contribution is -2.25. The normalized spacial score (nSPS) is 14.3. The molecule has 2 aromatic rings. The minimum Gasteiger partial charge on any atom is -0.433 e. The van der Waals surface area contributed by atoms with Gasteiger partial charge >= 0.3 is 6.61 Å². The molecule has 0 unspecified atom stereocenters. The number of ether oxygens (including phenoxy) is 1. The molecule has 0 fully saturated rings. The summed E-state index contributed by atoms with van der Waals surface area (Å²) in [5.74, 6) is 1.05. The fourth-order valence-electron chi connectivity index (χ4n) is 2.73. The van der Waals surface area contributed by atoms with Crippen LogP contribution in [0, 0.1) is 0 Å². The summed E-state index contributed by atoms with van der Waals surface area (Å²) < 4.78 is 31.8. The molecular weight excluding hydrogens is 276 g/mol. The summed E-state index contributed by atoms with van der Waals surface area (Å²) in [6, 6.07) is 6.87. The van der Waals surface area contributed by atoms with Crippen molar-refractivity contribution in [1.82, 2.24) is 14.9 Å². The maximum atomic E-state index is 12.6. The Morgan fingerprint density at radius 2 is 2.19 bits per heavy atom. The predicted octanol–water partition coefficient (Wildman–Crippen LogP) is 2.68. The second-order valence-electron chi connectivity index (χ2n) is 4.88. The zero-order chi connectivity index (χ0) is 14.8. The van der Waals surface area contributed by atoms with Crippen molar-refractivity contribution in [1.29, 1.82) is 0 Å². The largest absolute Gasteiger partial charge is 0.433 e. The van der Waals surface area contributed by atoms with Gasteiger partial charge in [0.05, 0.1) is 11.4 Å². The van der Waals surface area contributed by atoms with Crippen molar-refractivity contribution in [3.05, 3.63) is 41.5 Å². The van der Waals surface area contributed by atoms with Crippen molar-refractivity contribution in [2.45, 2.75) is 32.9 Å². The maximum absolute atomic E-state index is 12.6. The van der Waals surface area contributed by atoms with Gasteiger partial charge in [0.25, 0.3) is 0 Å². The molecule has 3 rings (SSSR count). The van der Waals surface area contributed by atoms with Crippen LogP contribution < -0.4 is 10.1 Å². The van der Waals surface area contributed by atoms with E-state index in [-0.39, 0.29) is 5.75 Å². The Morgan fingerprint density at radius 3 is 2.95 bits per heavy atom. The molecule has 0 saturated carbocycles. The lowest BCUT2D eigenvalue weighted by molar-refractivity contribution is -0.0498. The van der Waals surface area contributed by atoms with Crippen LogP contribution in [0.4, 0.5) is 8.78 Å². The average molecular weight is 293 g/mol. The summed E-state index contributed by atoms with van der Waals surface area (Å²) >= 11 is 0. The van der Waals surface area contributed by atoms with E-state index >= 15 is 0 Å². The molecule has 0 saturated heterocycles. The molecule has 1 aliphatic rings. The Balaban J connectivity index is 2.14. The zero-order valence-electron chi connectivity index (χ0n) is 11.8. The third-order valence-electron chi connectivity index (χ3n) is 3.59. The van der Waals surface area contributed by atoms with E-state index in [9.17, 15) is 8.78 Å². The number of nitrogens with zero attached hydrogens (tertiary/aromatic N) is 2. The Hall–Kier alpha value is -1.95. The van der Waals surface area contributed by atoms with Crippen LogP contribution in [0.15, 0.2) is 24.3 Å². The van der Waals surface area contributed by atoms with Crippen molar-refractivity contribution in [2.24, 2.45) is 0 Å². The molecule has 1 aliphatic heterocycles. The van der Waals surface area contributed by atoms with Crippen LogP contribution >= 0.6 is 0 Å². The van der Waals surface area contributed by atoms with Crippen LogP contribution in [0.3, 0.4) is 0 Å². The van der Waals surface area contributed by atoms with Crippen LogP contribution in [0.5, 0.6) is 5.75 Å². The molecule has 21 heavy (non-hydrogen) atoms. The van der Waals surface area contributed by atoms with Crippen LogP contribution in [-0.2, 0) is 19.4 Å². The minimum absolute atomic E-state index is 0.181. The summed E-state index contributed by atoms with van der Waals surface area (Å²) in [5.41, 5.74) is 2.70. The summed E-state index contributed by atoms with van der Waals surface area (Å²) in [7, 11) is 0. The number of hydrogen-bond donors (Lipinski definition) is 1. The highest BCUT2D eigenvalue weighted by molar-refractivity contribution is 5.49. The molecule has 0 bridgehead atoms. The number of hydrogen-bond acceptors (Lipinski definition) is 3. The van der Waals surface area contributed by atoms with Crippen molar-refractivity contribution in [2.75, 3.05) is 6.54 Å². The third kappa shape index (κ3) is 2.63. The molecule has 1 aromatic carbocycles. The number of benzene rings is 1. The number of fused-ring (bicyclic) bond motifs is 1. The first-order valence-electron chi connectivity index (χ1n) is 7.05. The molecule has 0 amide bonds. The number of alkyl halides is 2. The molecule has 0 aliphatic carbocycles. The van der Waals surface area contributed by atoms with Gasteiger partial charge in [-0.05, 0) is 12.1 Å². The molecular formula is C15H17F2N3O. The fourth-order valence-corrected chi connectivity index (χ4v) is 2.73. The SMILES string of the molecule is CCc1nc2c(n1-c1ccccc1OC(F)F)CCNC2. The first-order valence-corrected chi connectivity index (χ1v) is 7.05. The van der Waals surface area contributed by atoms with E-state index in [0.29, 0.717) is 12.2 Å². The Kier molecular flexibility index (Phi) is 3.88. The molecule has 0 atom stereocenters. The highest BCUT2D eigenvalue weighted by atomic mass is 19.3. The van der Waals surface area contributed by atoms with E-state index < -0.39 is 6.61 Å². The molecule has 6 heteroatoms. The number of rotatable bonds is 4. The van der Waals surface area contributed by atoms with Crippen LogP contribution in [0.1, 0.15) is 24.1 Å². The maximum Gasteiger partial charge on any atom is 0.387 e. The third-order valence-corrected chi connectivity index (χ3v) is 3.59. The summed E-state index contributed by atoms with van der Waals surface area (Å²) in [4.78, 5) is 4.62. The van der Waals surface area contributed by atoms with Gasteiger partial charge < -0.3 is 10.1 Å². The Labute approximate surface area is 121 Å². The molecule has 2 heterocycles. The topological polar surface area (TPSA) is 39.1 Å². The van der Waals surface area contributed by atoms with Crippen molar-refractivity contribution in [3.63, 3.8) is 0 Å². The van der Waals surface area contributed by atoms with Crippen LogP contribution in [0.25, 0.3) is 5.69 Å². The molecule has 1 aromatic heterocycles. The minimum atomic E-state index is -2.84. The molecule has 112 valence electrons. The number of aromatic nitrogens is 2. The number of para-hydroxylation sites is 2. The van der Waals surface area contributed by atoms with Crippen molar-refractivity contribution >= 4 is 0 Å². The summed E-state index contributed by atoms with van der Waals surface area (Å²) in [6.45, 7) is 0.749. The monoisotopic (exact) mass is 293 g/mol. The van der Waals surface area contributed by atoms with Crippen LogP contribution in [-0.4, -0.2) is 22.7 Å². The molecule has 0 spiro atoms. The standard InChI is InChI=1S/C15H17F2N3O/c1-2-14-19-10-9-18-8-7-11(10)20(14)12-5-3-4-6-13(12)21-15(16)17/h3-6,15,18H,2,7-9H2,1H3. The zero-order valence-corrected chi connectivity index (χ0v) is 11.8. The van der Waals surface area contributed by atoms with Gasteiger partial charge in [0.1, 0.15) is 11.6 Å². The number of aryl methyl sites for hydroxylation is 1. The summed E-state index contributed by atoms with van der Waals surface area (Å²) in [5, 5.41) is 3.28. The highest BCUT2D eigenvalue weighted by Crippen LogP contribution is 2.29. The van der Waals surface area contributed by atoms with Gasteiger partial charge in [0.2, 0.25) is 0 Å². The van der Waals surface area contributed by atoms with E-state index in [1.807, 2.05) is 17.6 Å². The molecule has 4 nitrogen and oxygen atoms in total. The average Bonchev–Trinajstić information content (AvgIpc) is 2.85. The number of nitrogens with one attached hydrogen (secondary N) is 1. The Bertz CT molecular complexity index is 640. The second-order valence-corrected chi connectivity index (χ2v) is 4.88. The van der Waals surface area contributed by atoms with Crippen molar-refractivity contribution in [3.8, 4) is 11.4 Å². The van der Waals surface area contributed by atoms with Gasteiger partial charge in [-0.25, -0.2) is 4.98 Å². The van der Waals surface area contributed by atoms with E-state index in [0.717, 1.165) is 36.6 Å². The summed E-state index contributed by atoms with van der Waals surface area (Å²) in [6.07, 6.45) is 1.56. The van der Waals surface area contributed by atoms with E-state index in [2.05, 4.69) is 15.0 Å². The highest BCUT2D eigenvalue weighted by Gasteiger charge is 2.22. The van der Waals surface area contributed by atoms with Crippen LogP contribution in [0.2, 0.25) is 0 Å². The first kappa shape index (κ1) is 14.0. The fraction of sp³-hybridized carbons (Fsp3) is 0.400. The number of imidazole rings is 1. The second kappa shape index (κ2) is 5.81. The lowest BCUT2D eigenvalue weighted by atomic mass is 10.1. The first-order chi connectivity index (χ1) is 10.2. The van der Waals surface area contributed by atoms with Gasteiger partial charge in [-0.2, -0.15) is 8.78 Å². The van der Waals surface area contributed by atoms with Gasteiger partial charge in [0.15, 0.2) is 0 Å². The van der Waals surface area contributed by atoms with Crippen molar-refractivity contribution < 1.29 is 13.5 Å². The van der Waals surface area contributed by atoms with Gasteiger partial charge in [-0.3, -0.25) is 4.57 Å². The number of halogens is 2. The van der Waals surface area contributed by atoms with E-state index in [1.54, 1.807) is 18.2 Å². The smallest absolute Gasteiger partial charge is 0.387 e. The molecule has 0 radical (unpaired) electrons. The van der Waals surface area contributed by atoms with Gasteiger partial charge in [-0.1, -0.05) is 19.1 Å². The quantitative estimate of drug-likeness (QED) is 0.942. The van der Waals surface area contributed by atoms with E-state index in [1.165, 1.54) is 0 Å². The van der Waals surface area contributed by atoms with Gasteiger partial charge in [-0.15, -0.1) is 0 Å². The lowest BCUT2D eigenvalue weighted by Gasteiger charge is -2.18. The molecule has 1 N–H and O–H groups in total. The van der Waals surface area contributed by atoms with E-state index in [4.69, 9.17) is 0 Å². The van der Waals surface area contributed by atoms with Gasteiger partial charge in [0, 0.05) is 31.6 Å². The Morgan fingerprint density at radius 1 is 1.38 bits per heavy atom.